The Bertz CT molecular complexity index is 483. The Morgan fingerprint density at radius 1 is 1.26 bits per heavy atom. The largest absolute Gasteiger partial charge is 0.384 e. The third-order valence-electron chi connectivity index (χ3n) is 2.99. The molecule has 0 bridgehead atoms. The fourth-order valence-corrected chi connectivity index (χ4v) is 1.79. The summed E-state index contributed by atoms with van der Waals surface area (Å²) >= 11 is 0. The van der Waals surface area contributed by atoms with Gasteiger partial charge in [-0.05, 0) is 22.6 Å². The molecule has 0 amide bonds. The minimum absolute atomic E-state index is 0.174. The van der Waals surface area contributed by atoms with E-state index in [0.717, 1.165) is 5.56 Å². The molecule has 1 unspecified atom stereocenters. The molecule has 102 valence electrons. The fourth-order valence-electron chi connectivity index (χ4n) is 1.79. The zero-order chi connectivity index (χ0) is 13.9. The van der Waals surface area contributed by atoms with E-state index < -0.39 is 6.35 Å². The Labute approximate surface area is 114 Å². The fraction of sp³-hybridized carbons (Fsp3) is 0.400. The first-order chi connectivity index (χ1) is 8.95. The molecule has 1 aliphatic rings. The number of hydrogen-bond donors (Lipinski definition) is 2. The smallest absolute Gasteiger partial charge is 0.227 e. The first-order valence-electron chi connectivity index (χ1n) is 6.42. The van der Waals surface area contributed by atoms with Gasteiger partial charge in [-0.15, -0.1) is 0 Å². The molecular weight excluding hydrogens is 238 g/mol. The summed E-state index contributed by atoms with van der Waals surface area (Å²) in [5, 5.41) is 2.99. The molecule has 1 aromatic rings. The van der Waals surface area contributed by atoms with E-state index in [1.807, 2.05) is 0 Å². The van der Waals surface area contributed by atoms with Crippen molar-refractivity contribution in [1.82, 2.24) is 5.32 Å². The van der Waals surface area contributed by atoms with Gasteiger partial charge >= 0.3 is 0 Å². The molecule has 0 aliphatic carbocycles. The minimum atomic E-state index is -0.396. The van der Waals surface area contributed by atoms with Crippen LogP contribution < -0.4 is 11.1 Å². The lowest BCUT2D eigenvalue weighted by atomic mass is 9.87. The van der Waals surface area contributed by atoms with Gasteiger partial charge in [0.05, 0.1) is 6.61 Å². The van der Waals surface area contributed by atoms with Gasteiger partial charge in [0, 0.05) is 6.20 Å². The molecule has 1 aromatic carbocycles. The van der Waals surface area contributed by atoms with E-state index in [1.165, 1.54) is 5.56 Å². The van der Waals surface area contributed by atoms with E-state index in [9.17, 15) is 0 Å². The van der Waals surface area contributed by atoms with E-state index in [0.29, 0.717) is 12.4 Å². The highest BCUT2D eigenvalue weighted by Gasteiger charge is 2.13. The maximum Gasteiger partial charge on any atom is 0.227 e. The van der Waals surface area contributed by atoms with Crippen LogP contribution in [0.25, 0.3) is 0 Å². The van der Waals surface area contributed by atoms with Crippen molar-refractivity contribution in [3.05, 3.63) is 47.7 Å². The first-order valence-corrected chi connectivity index (χ1v) is 6.42. The molecule has 0 radical (unpaired) electrons. The van der Waals surface area contributed by atoms with E-state index in [-0.39, 0.29) is 5.41 Å². The van der Waals surface area contributed by atoms with Crippen molar-refractivity contribution in [2.75, 3.05) is 0 Å². The van der Waals surface area contributed by atoms with Crippen LogP contribution >= 0.6 is 0 Å². The third kappa shape index (κ3) is 3.83. The second-order valence-electron chi connectivity index (χ2n) is 5.66. The van der Waals surface area contributed by atoms with Crippen LogP contribution in [0.1, 0.15) is 31.9 Å². The summed E-state index contributed by atoms with van der Waals surface area (Å²) in [7, 11) is 0. The molecule has 4 heteroatoms. The van der Waals surface area contributed by atoms with Crippen molar-refractivity contribution < 1.29 is 4.74 Å². The van der Waals surface area contributed by atoms with Gasteiger partial charge in [0.2, 0.25) is 6.35 Å². The topological polar surface area (TPSA) is 59.6 Å². The van der Waals surface area contributed by atoms with Gasteiger partial charge < -0.3 is 15.8 Å². The zero-order valence-electron chi connectivity index (χ0n) is 11.7. The summed E-state index contributed by atoms with van der Waals surface area (Å²) in [4.78, 5) is 4.13. The second-order valence-corrected chi connectivity index (χ2v) is 5.66. The summed E-state index contributed by atoms with van der Waals surface area (Å²) in [6, 6.07) is 8.47. The number of ether oxygens (including phenoxy) is 1. The molecule has 0 spiro atoms. The van der Waals surface area contributed by atoms with E-state index in [4.69, 9.17) is 10.5 Å². The predicted molar refractivity (Wildman–Crippen MR) is 77.6 cm³/mol. The van der Waals surface area contributed by atoms with Crippen LogP contribution in [0.2, 0.25) is 0 Å². The van der Waals surface area contributed by atoms with Crippen LogP contribution in [0, 0.1) is 0 Å². The van der Waals surface area contributed by atoms with Crippen molar-refractivity contribution in [2.45, 2.75) is 39.1 Å². The Kier molecular flexibility index (Phi) is 3.90. The highest BCUT2D eigenvalue weighted by atomic mass is 16.5. The highest BCUT2D eigenvalue weighted by Crippen LogP contribution is 2.22. The molecule has 1 atom stereocenters. The average molecular weight is 259 g/mol. The molecule has 0 saturated heterocycles. The molecular formula is C15H21N3O. The Morgan fingerprint density at radius 3 is 2.53 bits per heavy atom. The van der Waals surface area contributed by atoms with Gasteiger partial charge in [-0.3, -0.25) is 0 Å². The lowest BCUT2D eigenvalue weighted by Gasteiger charge is -2.20. The minimum Gasteiger partial charge on any atom is -0.384 e. The summed E-state index contributed by atoms with van der Waals surface area (Å²) < 4.78 is 5.64. The maximum absolute atomic E-state index is 5.64. The summed E-state index contributed by atoms with van der Waals surface area (Å²) in [5.41, 5.74) is 8.22. The van der Waals surface area contributed by atoms with Crippen LogP contribution in [0.4, 0.5) is 0 Å². The van der Waals surface area contributed by atoms with E-state index in [1.54, 1.807) is 12.3 Å². The summed E-state index contributed by atoms with van der Waals surface area (Å²) in [6.07, 6.45) is 3.06. The van der Waals surface area contributed by atoms with E-state index >= 15 is 0 Å². The van der Waals surface area contributed by atoms with Gasteiger partial charge in [0.25, 0.3) is 0 Å². The second kappa shape index (κ2) is 5.45. The average Bonchev–Trinajstić information content (AvgIpc) is 2.36. The van der Waals surface area contributed by atoms with Crippen LogP contribution in [-0.4, -0.2) is 12.2 Å². The van der Waals surface area contributed by atoms with Crippen molar-refractivity contribution in [3.63, 3.8) is 0 Å². The third-order valence-corrected chi connectivity index (χ3v) is 2.99. The quantitative estimate of drug-likeness (QED) is 0.875. The van der Waals surface area contributed by atoms with Crippen LogP contribution in [0.3, 0.4) is 0 Å². The zero-order valence-corrected chi connectivity index (χ0v) is 11.7. The van der Waals surface area contributed by atoms with Crippen LogP contribution in [0.15, 0.2) is 41.5 Å². The molecule has 0 fully saturated rings. The van der Waals surface area contributed by atoms with Gasteiger partial charge in [-0.1, -0.05) is 45.0 Å². The number of nitrogens with one attached hydrogen (secondary N) is 1. The standard InChI is InChI=1S/C15H21N3O/c1-15(2,3)12-6-4-11(5-7-12)10-19-14-17-9-8-13(16)18-14/h4-9,14,17H,10H2,1-3H3,(H2,16,18). The lowest BCUT2D eigenvalue weighted by Crippen LogP contribution is -2.31. The number of benzene rings is 1. The maximum atomic E-state index is 5.64. The Hall–Kier alpha value is -1.81. The van der Waals surface area contributed by atoms with Gasteiger partial charge in [-0.2, -0.15) is 0 Å². The van der Waals surface area contributed by atoms with Gasteiger partial charge in [0.1, 0.15) is 5.84 Å². The van der Waals surface area contributed by atoms with Crippen LogP contribution in [-0.2, 0) is 16.8 Å². The van der Waals surface area contributed by atoms with Crippen molar-refractivity contribution in [3.8, 4) is 0 Å². The van der Waals surface area contributed by atoms with E-state index in [2.05, 4.69) is 55.3 Å². The summed E-state index contributed by atoms with van der Waals surface area (Å²) in [6.45, 7) is 7.11. The highest BCUT2D eigenvalue weighted by molar-refractivity contribution is 5.91. The molecule has 0 saturated carbocycles. The van der Waals surface area contributed by atoms with Crippen LogP contribution in [0.5, 0.6) is 0 Å². The Morgan fingerprint density at radius 2 is 1.95 bits per heavy atom. The number of amidine groups is 1. The SMILES string of the molecule is CC(C)(C)c1ccc(COC2N=C(N)C=CN2)cc1. The molecule has 1 heterocycles. The number of hydrogen-bond acceptors (Lipinski definition) is 4. The number of rotatable bonds is 3. The molecule has 4 nitrogen and oxygen atoms in total. The van der Waals surface area contributed by atoms with Crippen molar-refractivity contribution >= 4 is 5.84 Å². The lowest BCUT2D eigenvalue weighted by molar-refractivity contribution is 0.0322. The monoisotopic (exact) mass is 259 g/mol. The molecule has 19 heavy (non-hydrogen) atoms. The summed E-state index contributed by atoms with van der Waals surface area (Å²) in [5.74, 6) is 0.479. The molecule has 3 N–H and O–H groups in total. The number of aliphatic imine (C=N–C) groups is 1. The number of nitrogens with zero attached hydrogens (tertiary/aromatic N) is 1. The molecule has 0 aromatic heterocycles. The van der Waals surface area contributed by atoms with Gasteiger partial charge in [-0.25, -0.2) is 4.99 Å². The predicted octanol–water partition coefficient (Wildman–Crippen LogP) is 2.26. The van der Waals surface area contributed by atoms with Crippen molar-refractivity contribution in [1.29, 1.82) is 0 Å². The normalized spacial score (nSPS) is 18.9. The molecule has 1 aliphatic heterocycles. The van der Waals surface area contributed by atoms with Crippen molar-refractivity contribution in [2.24, 2.45) is 10.7 Å². The molecule has 2 rings (SSSR count). The Balaban J connectivity index is 1.92. The number of nitrogens with two attached hydrogens (primary N) is 1. The van der Waals surface area contributed by atoms with Gasteiger partial charge in [0.15, 0.2) is 0 Å². The first kappa shape index (κ1) is 13.6.